The lowest BCUT2D eigenvalue weighted by Gasteiger charge is -2.34. The standard InChI is InChI=1S/C22H33N5O/c1-4-17(5-2)21-15-20(28-26-21)16-24-22(23-3)25-18-11-13-27(14-12-18)19-9-7-6-8-10-19/h6-10,15,17-18H,4-5,11-14,16H2,1-3H3,(H2,23,24,25). The summed E-state index contributed by atoms with van der Waals surface area (Å²) in [6, 6.07) is 13.1. The minimum atomic E-state index is 0.431. The highest BCUT2D eigenvalue weighted by Crippen LogP contribution is 2.22. The fraction of sp³-hybridized carbons (Fsp3) is 0.545. The Hall–Kier alpha value is -2.50. The quantitative estimate of drug-likeness (QED) is 0.560. The molecule has 3 rings (SSSR count). The molecule has 0 saturated carbocycles. The minimum absolute atomic E-state index is 0.431. The third kappa shape index (κ3) is 5.27. The lowest BCUT2D eigenvalue weighted by molar-refractivity contribution is 0.367. The van der Waals surface area contributed by atoms with Crippen LogP contribution in [0.3, 0.4) is 0 Å². The number of hydrogen-bond donors (Lipinski definition) is 2. The first-order valence-corrected chi connectivity index (χ1v) is 10.5. The highest BCUT2D eigenvalue weighted by Gasteiger charge is 2.20. The molecule has 0 amide bonds. The van der Waals surface area contributed by atoms with Crippen molar-refractivity contribution < 1.29 is 4.52 Å². The van der Waals surface area contributed by atoms with E-state index in [1.807, 2.05) is 7.05 Å². The summed E-state index contributed by atoms with van der Waals surface area (Å²) in [6.45, 7) is 7.08. The number of nitrogens with zero attached hydrogens (tertiary/aromatic N) is 3. The lowest BCUT2D eigenvalue weighted by Crippen LogP contribution is -2.48. The zero-order chi connectivity index (χ0) is 19.8. The Morgan fingerprint density at radius 2 is 1.93 bits per heavy atom. The molecule has 0 aliphatic carbocycles. The van der Waals surface area contributed by atoms with E-state index in [1.54, 1.807) is 0 Å². The number of anilines is 1. The van der Waals surface area contributed by atoms with Gasteiger partial charge in [-0.15, -0.1) is 0 Å². The molecule has 1 aromatic carbocycles. The van der Waals surface area contributed by atoms with Gasteiger partial charge in [-0.3, -0.25) is 4.99 Å². The van der Waals surface area contributed by atoms with E-state index in [0.29, 0.717) is 18.5 Å². The van der Waals surface area contributed by atoms with E-state index in [1.165, 1.54) is 5.69 Å². The molecule has 1 aromatic heterocycles. The number of benzene rings is 1. The van der Waals surface area contributed by atoms with E-state index in [0.717, 1.165) is 56.2 Å². The molecule has 6 heteroatoms. The number of hydrogen-bond acceptors (Lipinski definition) is 4. The summed E-state index contributed by atoms with van der Waals surface area (Å²) in [5.74, 6) is 2.15. The maximum Gasteiger partial charge on any atom is 0.191 e. The van der Waals surface area contributed by atoms with E-state index < -0.39 is 0 Å². The zero-order valence-corrected chi connectivity index (χ0v) is 17.3. The predicted molar refractivity (Wildman–Crippen MR) is 115 cm³/mol. The molecule has 28 heavy (non-hydrogen) atoms. The number of nitrogens with one attached hydrogen (secondary N) is 2. The maximum absolute atomic E-state index is 5.50. The molecule has 2 heterocycles. The third-order valence-electron chi connectivity index (χ3n) is 5.59. The van der Waals surface area contributed by atoms with Crippen molar-refractivity contribution in [2.75, 3.05) is 25.0 Å². The molecule has 6 nitrogen and oxygen atoms in total. The van der Waals surface area contributed by atoms with Crippen LogP contribution >= 0.6 is 0 Å². The first-order valence-electron chi connectivity index (χ1n) is 10.5. The molecule has 0 radical (unpaired) electrons. The first-order chi connectivity index (χ1) is 13.7. The van der Waals surface area contributed by atoms with Gasteiger partial charge in [0.1, 0.15) is 0 Å². The van der Waals surface area contributed by atoms with Crippen molar-refractivity contribution in [1.82, 2.24) is 15.8 Å². The monoisotopic (exact) mass is 383 g/mol. The molecule has 1 fully saturated rings. The average Bonchev–Trinajstić information content (AvgIpc) is 3.22. The Kier molecular flexibility index (Phi) is 7.34. The van der Waals surface area contributed by atoms with Crippen molar-refractivity contribution in [3.63, 3.8) is 0 Å². The minimum Gasteiger partial charge on any atom is -0.371 e. The molecule has 152 valence electrons. The van der Waals surface area contributed by atoms with Gasteiger partial charge in [-0.05, 0) is 37.8 Å². The van der Waals surface area contributed by atoms with Gasteiger partial charge in [-0.2, -0.15) is 0 Å². The van der Waals surface area contributed by atoms with Crippen LogP contribution in [0.4, 0.5) is 5.69 Å². The van der Waals surface area contributed by atoms with Crippen molar-refractivity contribution in [3.8, 4) is 0 Å². The van der Waals surface area contributed by atoms with Crippen LogP contribution in [0.15, 0.2) is 45.9 Å². The van der Waals surface area contributed by atoms with Gasteiger partial charge in [0.25, 0.3) is 0 Å². The van der Waals surface area contributed by atoms with Gasteiger partial charge in [0.05, 0.1) is 12.2 Å². The van der Waals surface area contributed by atoms with Gasteiger partial charge in [0.2, 0.25) is 0 Å². The van der Waals surface area contributed by atoms with Gasteiger partial charge in [-0.25, -0.2) is 0 Å². The molecular formula is C22H33N5O. The Morgan fingerprint density at radius 3 is 2.57 bits per heavy atom. The third-order valence-corrected chi connectivity index (χ3v) is 5.59. The van der Waals surface area contributed by atoms with Gasteiger partial charge in [-0.1, -0.05) is 37.2 Å². The Morgan fingerprint density at radius 1 is 1.21 bits per heavy atom. The molecule has 2 N–H and O–H groups in total. The molecule has 0 atom stereocenters. The number of rotatable bonds is 7. The van der Waals surface area contributed by atoms with Crippen LogP contribution in [-0.2, 0) is 6.54 Å². The van der Waals surface area contributed by atoms with Crippen molar-refractivity contribution >= 4 is 11.6 Å². The number of aromatic nitrogens is 1. The molecular weight excluding hydrogens is 350 g/mol. The largest absolute Gasteiger partial charge is 0.371 e. The topological polar surface area (TPSA) is 65.7 Å². The Labute approximate surface area is 168 Å². The normalized spacial score (nSPS) is 15.9. The number of aliphatic imine (C=N–C) groups is 1. The second-order valence-corrected chi connectivity index (χ2v) is 7.40. The van der Waals surface area contributed by atoms with Crippen molar-refractivity contribution in [3.05, 3.63) is 47.9 Å². The van der Waals surface area contributed by atoms with Crippen LogP contribution in [0.2, 0.25) is 0 Å². The van der Waals surface area contributed by atoms with Gasteiger partial charge >= 0.3 is 0 Å². The summed E-state index contributed by atoms with van der Waals surface area (Å²) >= 11 is 0. The van der Waals surface area contributed by atoms with E-state index in [4.69, 9.17) is 4.52 Å². The summed E-state index contributed by atoms with van der Waals surface area (Å²) in [4.78, 5) is 6.81. The first kappa shape index (κ1) is 20.2. The smallest absolute Gasteiger partial charge is 0.191 e. The zero-order valence-electron chi connectivity index (χ0n) is 17.3. The van der Waals surface area contributed by atoms with Crippen LogP contribution in [0.1, 0.15) is 56.9 Å². The van der Waals surface area contributed by atoms with Crippen LogP contribution in [-0.4, -0.2) is 37.3 Å². The molecule has 2 aromatic rings. The van der Waals surface area contributed by atoms with E-state index >= 15 is 0 Å². The van der Waals surface area contributed by atoms with E-state index in [9.17, 15) is 0 Å². The molecule has 1 aliphatic rings. The summed E-state index contributed by atoms with van der Waals surface area (Å²) in [6.07, 6.45) is 4.36. The van der Waals surface area contributed by atoms with Gasteiger partial charge < -0.3 is 20.1 Å². The fourth-order valence-electron chi connectivity index (χ4n) is 3.79. The Bertz CT molecular complexity index is 730. The molecule has 0 unspecified atom stereocenters. The predicted octanol–water partition coefficient (Wildman–Crippen LogP) is 3.91. The maximum atomic E-state index is 5.50. The van der Waals surface area contributed by atoms with Crippen LogP contribution in [0.5, 0.6) is 0 Å². The second kappa shape index (κ2) is 10.2. The number of piperidine rings is 1. The molecule has 0 spiro atoms. The summed E-state index contributed by atoms with van der Waals surface area (Å²) in [5, 5.41) is 11.1. The summed E-state index contributed by atoms with van der Waals surface area (Å²) < 4.78 is 5.50. The van der Waals surface area contributed by atoms with Crippen molar-refractivity contribution in [2.45, 2.75) is 58.0 Å². The van der Waals surface area contributed by atoms with Crippen LogP contribution in [0.25, 0.3) is 0 Å². The SMILES string of the molecule is CCC(CC)c1cc(CNC(=NC)NC2CCN(c3ccccc3)CC2)on1. The van der Waals surface area contributed by atoms with Crippen molar-refractivity contribution in [2.24, 2.45) is 4.99 Å². The highest BCUT2D eigenvalue weighted by atomic mass is 16.5. The summed E-state index contributed by atoms with van der Waals surface area (Å²) in [5.41, 5.74) is 2.36. The second-order valence-electron chi connectivity index (χ2n) is 7.40. The summed E-state index contributed by atoms with van der Waals surface area (Å²) in [7, 11) is 1.81. The van der Waals surface area contributed by atoms with E-state index in [-0.39, 0.29) is 0 Å². The number of para-hydroxylation sites is 1. The molecule has 1 saturated heterocycles. The lowest BCUT2D eigenvalue weighted by atomic mass is 9.99. The fourth-order valence-corrected chi connectivity index (χ4v) is 3.79. The van der Waals surface area contributed by atoms with Crippen LogP contribution < -0.4 is 15.5 Å². The Balaban J connectivity index is 1.45. The molecule has 1 aliphatic heterocycles. The molecule has 0 bridgehead atoms. The highest BCUT2D eigenvalue weighted by molar-refractivity contribution is 5.79. The van der Waals surface area contributed by atoms with Crippen molar-refractivity contribution in [1.29, 1.82) is 0 Å². The van der Waals surface area contributed by atoms with Gasteiger partial charge in [0, 0.05) is 43.9 Å². The van der Waals surface area contributed by atoms with Gasteiger partial charge in [0.15, 0.2) is 11.7 Å². The average molecular weight is 384 g/mol. The van der Waals surface area contributed by atoms with E-state index in [2.05, 4.69) is 75.9 Å². The van der Waals surface area contributed by atoms with Crippen LogP contribution in [0, 0.1) is 0 Å². The number of guanidine groups is 1.